The number of rotatable bonds is 1. The van der Waals surface area contributed by atoms with Gasteiger partial charge in [-0.3, -0.25) is 0 Å². The summed E-state index contributed by atoms with van der Waals surface area (Å²) in [6.07, 6.45) is 4.14. The zero-order valence-corrected chi connectivity index (χ0v) is 9.35. The average Bonchev–Trinajstić information content (AvgIpc) is 2.74. The number of fused-ring (bicyclic) bond motifs is 1. The minimum Gasteiger partial charge on any atom is -1.00 e. The van der Waals surface area contributed by atoms with Gasteiger partial charge in [-0.2, -0.15) is 0 Å². The second kappa shape index (κ2) is 4.37. The summed E-state index contributed by atoms with van der Waals surface area (Å²) in [7, 11) is 0. The van der Waals surface area contributed by atoms with Crippen molar-refractivity contribution in [3.8, 4) is 11.3 Å². The number of aromatic amines is 1. The standard InChI is InChI=1S/C13H10N2.ClH/c1-2-6-11(7-3-1)12-10-15-9-5-4-8-13(15)14-12;/h1-10H;1H. The first-order valence-electron chi connectivity index (χ1n) is 4.98. The molecule has 3 rings (SSSR count). The third kappa shape index (κ3) is 1.79. The molecule has 0 saturated carbocycles. The maximum absolute atomic E-state index is 3.37. The number of benzene rings is 1. The highest BCUT2D eigenvalue weighted by Gasteiger charge is 2.08. The van der Waals surface area contributed by atoms with E-state index in [2.05, 4.69) is 33.8 Å². The van der Waals surface area contributed by atoms with Crippen molar-refractivity contribution in [2.24, 2.45) is 0 Å². The van der Waals surface area contributed by atoms with E-state index in [0.717, 1.165) is 11.3 Å². The molecule has 1 aromatic carbocycles. The van der Waals surface area contributed by atoms with Crippen LogP contribution in [0.4, 0.5) is 0 Å². The molecule has 0 aliphatic heterocycles. The first-order chi connectivity index (χ1) is 7.43. The Morgan fingerprint density at radius 1 is 0.875 bits per heavy atom. The van der Waals surface area contributed by atoms with Crippen molar-refractivity contribution in [3.63, 3.8) is 0 Å². The summed E-state index contributed by atoms with van der Waals surface area (Å²) in [5, 5.41) is 0. The maximum atomic E-state index is 3.37. The third-order valence-corrected chi connectivity index (χ3v) is 2.51. The molecule has 0 radical (unpaired) electrons. The zero-order chi connectivity index (χ0) is 10.1. The van der Waals surface area contributed by atoms with Gasteiger partial charge in [-0.1, -0.05) is 36.4 Å². The average molecular weight is 231 g/mol. The lowest BCUT2D eigenvalue weighted by Crippen LogP contribution is -3.00. The van der Waals surface area contributed by atoms with Gasteiger partial charge in [0.1, 0.15) is 6.20 Å². The van der Waals surface area contributed by atoms with Gasteiger partial charge < -0.3 is 12.4 Å². The maximum Gasteiger partial charge on any atom is 0.284 e. The van der Waals surface area contributed by atoms with Gasteiger partial charge in [0.25, 0.3) is 5.65 Å². The second-order valence-corrected chi connectivity index (χ2v) is 3.53. The van der Waals surface area contributed by atoms with Crippen LogP contribution >= 0.6 is 0 Å². The van der Waals surface area contributed by atoms with Crippen molar-refractivity contribution in [2.45, 2.75) is 0 Å². The summed E-state index contributed by atoms with van der Waals surface area (Å²) in [5.41, 5.74) is 3.46. The number of hydrogen-bond donors (Lipinski definition) is 1. The number of nitrogens with zero attached hydrogens (tertiary/aromatic N) is 1. The Hall–Kier alpha value is -1.80. The number of imidazole rings is 1. The molecule has 0 spiro atoms. The monoisotopic (exact) mass is 230 g/mol. The molecule has 0 atom stereocenters. The van der Waals surface area contributed by atoms with Gasteiger partial charge in [0, 0.05) is 11.6 Å². The van der Waals surface area contributed by atoms with Crippen LogP contribution in [0.25, 0.3) is 16.9 Å². The molecule has 3 aromatic rings. The Morgan fingerprint density at radius 3 is 2.38 bits per heavy atom. The molecular weight excluding hydrogens is 220 g/mol. The number of halogens is 1. The molecule has 0 amide bonds. The van der Waals surface area contributed by atoms with E-state index >= 15 is 0 Å². The van der Waals surface area contributed by atoms with E-state index in [1.54, 1.807) is 0 Å². The van der Waals surface area contributed by atoms with E-state index in [-0.39, 0.29) is 12.4 Å². The molecule has 0 aliphatic rings. The molecule has 2 aromatic heterocycles. The molecular formula is C13H11ClN2. The van der Waals surface area contributed by atoms with Crippen LogP contribution in [0.1, 0.15) is 0 Å². The lowest BCUT2D eigenvalue weighted by atomic mass is 10.2. The van der Waals surface area contributed by atoms with Gasteiger partial charge in [-0.15, -0.1) is 0 Å². The van der Waals surface area contributed by atoms with E-state index in [1.165, 1.54) is 5.56 Å². The SMILES string of the molecule is [Cl-].c1ccc(-c2c[n+]3ccccc3[nH]2)cc1. The van der Waals surface area contributed by atoms with Gasteiger partial charge >= 0.3 is 0 Å². The third-order valence-electron chi connectivity index (χ3n) is 2.51. The number of H-pyrrole nitrogens is 1. The number of nitrogens with one attached hydrogen (secondary N) is 1. The Balaban J connectivity index is 0.000000963. The summed E-state index contributed by atoms with van der Waals surface area (Å²) in [6.45, 7) is 0. The van der Waals surface area contributed by atoms with Crippen molar-refractivity contribution >= 4 is 5.65 Å². The molecule has 0 saturated heterocycles. The van der Waals surface area contributed by atoms with Crippen molar-refractivity contribution in [1.29, 1.82) is 0 Å². The van der Waals surface area contributed by atoms with Crippen LogP contribution in [0.5, 0.6) is 0 Å². The number of hydrogen-bond acceptors (Lipinski definition) is 0. The van der Waals surface area contributed by atoms with Crippen LogP contribution in [-0.2, 0) is 0 Å². The minimum absolute atomic E-state index is 0. The van der Waals surface area contributed by atoms with Crippen molar-refractivity contribution in [3.05, 3.63) is 60.9 Å². The second-order valence-electron chi connectivity index (χ2n) is 3.53. The fraction of sp³-hybridized carbons (Fsp3) is 0. The van der Waals surface area contributed by atoms with Gasteiger partial charge in [-0.25, -0.2) is 9.38 Å². The first kappa shape index (κ1) is 10.7. The molecule has 2 heterocycles. The topological polar surface area (TPSA) is 19.9 Å². The Labute approximate surface area is 100.0 Å². The number of aromatic nitrogens is 2. The Bertz CT molecular complexity index is 554. The van der Waals surface area contributed by atoms with Gasteiger partial charge in [0.15, 0.2) is 5.69 Å². The first-order valence-corrected chi connectivity index (χ1v) is 4.98. The fourth-order valence-corrected chi connectivity index (χ4v) is 1.75. The highest BCUT2D eigenvalue weighted by atomic mass is 35.5. The van der Waals surface area contributed by atoms with Gasteiger partial charge in [0.2, 0.25) is 0 Å². The van der Waals surface area contributed by atoms with E-state index in [0.29, 0.717) is 0 Å². The van der Waals surface area contributed by atoms with Crippen LogP contribution in [0.2, 0.25) is 0 Å². The molecule has 1 N–H and O–H groups in total. The summed E-state index contributed by atoms with van der Waals surface area (Å²) < 4.78 is 2.09. The molecule has 16 heavy (non-hydrogen) atoms. The van der Waals surface area contributed by atoms with Crippen molar-refractivity contribution in [1.82, 2.24) is 4.98 Å². The molecule has 0 bridgehead atoms. The lowest BCUT2D eigenvalue weighted by Gasteiger charge is -1.89. The van der Waals surface area contributed by atoms with Crippen LogP contribution < -0.4 is 16.8 Å². The Kier molecular flexibility index (Phi) is 2.93. The summed E-state index contributed by atoms with van der Waals surface area (Å²) in [5.74, 6) is 0. The molecule has 80 valence electrons. The molecule has 3 heteroatoms. The highest BCUT2D eigenvalue weighted by molar-refractivity contribution is 5.59. The van der Waals surface area contributed by atoms with Crippen LogP contribution in [0, 0.1) is 0 Å². The molecule has 0 fully saturated rings. The Morgan fingerprint density at radius 2 is 1.62 bits per heavy atom. The quantitative estimate of drug-likeness (QED) is 0.540. The summed E-state index contributed by atoms with van der Waals surface area (Å²) in [6, 6.07) is 16.4. The largest absolute Gasteiger partial charge is 1.00 e. The van der Waals surface area contributed by atoms with Crippen LogP contribution in [-0.4, -0.2) is 4.98 Å². The zero-order valence-electron chi connectivity index (χ0n) is 8.60. The highest BCUT2D eigenvalue weighted by Crippen LogP contribution is 2.15. The van der Waals surface area contributed by atoms with Crippen molar-refractivity contribution < 1.29 is 16.8 Å². The predicted octanol–water partition coefficient (Wildman–Crippen LogP) is -0.576. The lowest BCUT2D eigenvalue weighted by molar-refractivity contribution is -0.509. The summed E-state index contributed by atoms with van der Waals surface area (Å²) >= 11 is 0. The minimum atomic E-state index is 0. The molecule has 0 aliphatic carbocycles. The smallest absolute Gasteiger partial charge is 0.284 e. The van der Waals surface area contributed by atoms with E-state index < -0.39 is 0 Å². The predicted molar refractivity (Wildman–Crippen MR) is 59.4 cm³/mol. The number of pyridine rings is 1. The van der Waals surface area contributed by atoms with E-state index in [1.807, 2.05) is 36.5 Å². The van der Waals surface area contributed by atoms with Gasteiger partial charge in [-0.05, 0) is 6.07 Å². The van der Waals surface area contributed by atoms with E-state index in [9.17, 15) is 0 Å². The molecule has 0 unspecified atom stereocenters. The normalized spacial score (nSPS) is 10.0. The van der Waals surface area contributed by atoms with Crippen molar-refractivity contribution in [2.75, 3.05) is 0 Å². The van der Waals surface area contributed by atoms with Crippen LogP contribution in [0.15, 0.2) is 60.9 Å². The van der Waals surface area contributed by atoms with Gasteiger partial charge in [0.05, 0.1) is 6.20 Å². The van der Waals surface area contributed by atoms with Crippen LogP contribution in [0.3, 0.4) is 0 Å². The fourth-order valence-electron chi connectivity index (χ4n) is 1.75. The van der Waals surface area contributed by atoms with E-state index in [4.69, 9.17) is 0 Å². The summed E-state index contributed by atoms with van der Waals surface area (Å²) in [4.78, 5) is 3.37. The molecule has 2 nitrogen and oxygen atoms in total.